The Balaban J connectivity index is 2.69. The fraction of sp³-hybridized carbons (Fsp3) is 0.533. The van der Waals surface area contributed by atoms with Gasteiger partial charge in [0.2, 0.25) is 0 Å². The largest absolute Gasteiger partial charge is 0.352 e. The smallest absolute Gasteiger partial charge is 0.252 e. The number of benzene rings is 1. The first-order chi connectivity index (χ1) is 8.82. The molecule has 0 aliphatic rings. The number of rotatable bonds is 5. The van der Waals surface area contributed by atoms with Crippen LogP contribution in [0.1, 0.15) is 38.1 Å². The average Bonchev–Trinajstić information content (AvgIpc) is 2.27. The molecule has 0 aromatic heterocycles. The van der Waals surface area contributed by atoms with E-state index < -0.39 is 0 Å². The first-order valence-electron chi connectivity index (χ1n) is 6.56. The molecule has 0 saturated carbocycles. The van der Waals surface area contributed by atoms with Gasteiger partial charge < -0.3 is 5.32 Å². The van der Waals surface area contributed by atoms with E-state index in [9.17, 15) is 9.18 Å². The highest BCUT2D eigenvalue weighted by Crippen LogP contribution is 2.20. The minimum Gasteiger partial charge on any atom is -0.352 e. The van der Waals surface area contributed by atoms with E-state index in [0.717, 1.165) is 0 Å². The summed E-state index contributed by atoms with van der Waals surface area (Å²) in [6.45, 7) is 9.31. The van der Waals surface area contributed by atoms with Crippen LogP contribution < -0.4 is 5.32 Å². The van der Waals surface area contributed by atoms with Gasteiger partial charge >= 0.3 is 0 Å². The van der Waals surface area contributed by atoms with Crippen LogP contribution in [0.25, 0.3) is 0 Å². The third-order valence-electron chi connectivity index (χ3n) is 3.39. The van der Waals surface area contributed by atoms with Crippen molar-refractivity contribution in [2.75, 3.05) is 6.54 Å². The molecule has 1 amide bonds. The van der Waals surface area contributed by atoms with Gasteiger partial charge in [0.15, 0.2) is 0 Å². The van der Waals surface area contributed by atoms with Crippen molar-refractivity contribution in [2.45, 2.75) is 27.7 Å². The van der Waals surface area contributed by atoms with Crippen molar-refractivity contribution in [3.8, 4) is 0 Å². The monoisotopic (exact) mass is 377 g/mol. The standard InChI is InChI=1S/C15H21FINO/c1-9(2)13(10(3)4)8-18-15(19)12-6-5-11(16)7-14(12)17/h5-7,9-10,13H,8H2,1-4H3,(H,18,19). The van der Waals surface area contributed by atoms with Crippen LogP contribution >= 0.6 is 22.6 Å². The molecule has 1 aromatic carbocycles. The van der Waals surface area contributed by atoms with E-state index in [2.05, 4.69) is 33.0 Å². The Labute approximate surface area is 128 Å². The van der Waals surface area contributed by atoms with Gasteiger partial charge in [0.25, 0.3) is 5.91 Å². The van der Waals surface area contributed by atoms with Gasteiger partial charge in [-0.25, -0.2) is 4.39 Å². The summed E-state index contributed by atoms with van der Waals surface area (Å²) < 4.78 is 13.6. The Hall–Kier alpha value is -0.650. The maximum atomic E-state index is 13.0. The quantitative estimate of drug-likeness (QED) is 0.770. The fourth-order valence-corrected chi connectivity index (χ4v) is 2.94. The van der Waals surface area contributed by atoms with Crippen LogP contribution in [-0.4, -0.2) is 12.5 Å². The van der Waals surface area contributed by atoms with Gasteiger partial charge in [0.1, 0.15) is 5.82 Å². The molecule has 0 bridgehead atoms. The van der Waals surface area contributed by atoms with Crippen molar-refractivity contribution in [3.63, 3.8) is 0 Å². The molecule has 0 aliphatic carbocycles. The second-order valence-electron chi connectivity index (χ2n) is 5.49. The zero-order valence-corrected chi connectivity index (χ0v) is 14.0. The number of hydrogen-bond acceptors (Lipinski definition) is 1. The van der Waals surface area contributed by atoms with Crippen molar-refractivity contribution in [1.82, 2.24) is 5.32 Å². The SMILES string of the molecule is CC(C)C(CNC(=O)c1ccc(F)cc1I)C(C)C. The van der Waals surface area contributed by atoms with E-state index >= 15 is 0 Å². The molecule has 4 heteroatoms. The third-order valence-corrected chi connectivity index (χ3v) is 4.28. The number of carbonyl (C=O) groups excluding carboxylic acids is 1. The molecule has 2 nitrogen and oxygen atoms in total. The van der Waals surface area contributed by atoms with E-state index in [0.29, 0.717) is 33.4 Å². The second kappa shape index (κ2) is 7.22. The summed E-state index contributed by atoms with van der Waals surface area (Å²) in [6, 6.07) is 4.23. The molecule has 0 unspecified atom stereocenters. The van der Waals surface area contributed by atoms with Gasteiger partial charge in [-0.15, -0.1) is 0 Å². The predicted molar refractivity (Wildman–Crippen MR) is 84.6 cm³/mol. The fourth-order valence-electron chi connectivity index (χ4n) is 2.22. The molecule has 0 aliphatic heterocycles. The maximum absolute atomic E-state index is 13.0. The predicted octanol–water partition coefficient (Wildman–Crippen LogP) is 4.09. The molecule has 0 heterocycles. The van der Waals surface area contributed by atoms with Crippen LogP contribution in [0.5, 0.6) is 0 Å². The Morgan fingerprint density at radius 3 is 2.32 bits per heavy atom. The lowest BCUT2D eigenvalue weighted by Crippen LogP contribution is -2.34. The van der Waals surface area contributed by atoms with Crippen molar-refractivity contribution in [2.24, 2.45) is 17.8 Å². The van der Waals surface area contributed by atoms with E-state index in [1.54, 1.807) is 0 Å². The lowest BCUT2D eigenvalue weighted by Gasteiger charge is -2.25. The molecule has 106 valence electrons. The van der Waals surface area contributed by atoms with Crippen molar-refractivity contribution >= 4 is 28.5 Å². The molecule has 0 radical (unpaired) electrons. The highest BCUT2D eigenvalue weighted by atomic mass is 127. The molecular weight excluding hydrogens is 356 g/mol. The number of nitrogens with one attached hydrogen (secondary N) is 1. The minimum atomic E-state index is -0.316. The Morgan fingerprint density at radius 1 is 1.26 bits per heavy atom. The molecular formula is C15H21FINO. The number of carbonyl (C=O) groups is 1. The second-order valence-corrected chi connectivity index (χ2v) is 6.65. The first-order valence-corrected chi connectivity index (χ1v) is 7.64. The van der Waals surface area contributed by atoms with E-state index in [-0.39, 0.29) is 11.7 Å². The topological polar surface area (TPSA) is 29.1 Å². The zero-order valence-electron chi connectivity index (χ0n) is 11.8. The summed E-state index contributed by atoms with van der Waals surface area (Å²) in [7, 11) is 0. The summed E-state index contributed by atoms with van der Waals surface area (Å²) >= 11 is 1.98. The molecule has 0 fully saturated rings. The van der Waals surface area contributed by atoms with Crippen molar-refractivity contribution < 1.29 is 9.18 Å². The maximum Gasteiger partial charge on any atom is 0.252 e. The molecule has 1 N–H and O–H groups in total. The van der Waals surface area contributed by atoms with Gasteiger partial charge in [-0.2, -0.15) is 0 Å². The summed E-state index contributed by atoms with van der Waals surface area (Å²) in [5, 5.41) is 2.96. The Morgan fingerprint density at radius 2 is 1.84 bits per heavy atom. The number of amides is 1. The van der Waals surface area contributed by atoms with Crippen LogP contribution in [0, 0.1) is 27.1 Å². The lowest BCUT2D eigenvalue weighted by molar-refractivity contribution is 0.0936. The van der Waals surface area contributed by atoms with Crippen LogP contribution in [0.3, 0.4) is 0 Å². The number of halogens is 2. The summed E-state index contributed by atoms with van der Waals surface area (Å²) in [5.74, 6) is 1.04. The molecule has 1 aromatic rings. The van der Waals surface area contributed by atoms with Gasteiger partial charge in [0, 0.05) is 10.1 Å². The van der Waals surface area contributed by atoms with E-state index in [1.165, 1.54) is 18.2 Å². The van der Waals surface area contributed by atoms with Crippen LogP contribution in [0.2, 0.25) is 0 Å². The normalized spacial score (nSPS) is 11.4. The highest BCUT2D eigenvalue weighted by molar-refractivity contribution is 14.1. The van der Waals surface area contributed by atoms with Crippen LogP contribution in [0.15, 0.2) is 18.2 Å². The zero-order chi connectivity index (χ0) is 14.6. The Kier molecular flexibility index (Phi) is 6.23. The van der Waals surface area contributed by atoms with E-state index in [4.69, 9.17) is 0 Å². The van der Waals surface area contributed by atoms with Gasteiger partial charge in [-0.3, -0.25) is 4.79 Å². The molecule has 19 heavy (non-hydrogen) atoms. The van der Waals surface area contributed by atoms with Crippen LogP contribution in [-0.2, 0) is 0 Å². The average molecular weight is 377 g/mol. The van der Waals surface area contributed by atoms with Gasteiger partial charge in [-0.05, 0) is 58.5 Å². The molecule has 0 spiro atoms. The minimum absolute atomic E-state index is 0.129. The first kappa shape index (κ1) is 16.4. The van der Waals surface area contributed by atoms with Crippen molar-refractivity contribution in [3.05, 3.63) is 33.1 Å². The number of hydrogen-bond donors (Lipinski definition) is 1. The summed E-state index contributed by atoms with van der Waals surface area (Å²) in [4.78, 5) is 12.1. The van der Waals surface area contributed by atoms with E-state index in [1.807, 2.05) is 22.6 Å². The molecule has 1 rings (SSSR count). The Bertz CT molecular complexity index is 438. The van der Waals surface area contributed by atoms with Crippen molar-refractivity contribution in [1.29, 1.82) is 0 Å². The van der Waals surface area contributed by atoms with Gasteiger partial charge in [0.05, 0.1) is 5.56 Å². The van der Waals surface area contributed by atoms with Crippen LogP contribution in [0.4, 0.5) is 4.39 Å². The highest BCUT2D eigenvalue weighted by Gasteiger charge is 2.19. The molecule has 0 atom stereocenters. The summed E-state index contributed by atoms with van der Waals surface area (Å²) in [6.07, 6.45) is 0. The lowest BCUT2D eigenvalue weighted by atomic mass is 9.85. The molecule has 0 saturated heterocycles. The summed E-state index contributed by atoms with van der Waals surface area (Å²) in [5.41, 5.74) is 0.535. The third kappa shape index (κ3) is 4.75. The van der Waals surface area contributed by atoms with Gasteiger partial charge in [-0.1, -0.05) is 27.7 Å².